The largest absolute Gasteiger partial charge is 4.00 e. The predicted octanol–water partition coefficient (Wildman–Crippen LogP) is -3.18. The molecule has 0 saturated heterocycles. The van der Waals surface area contributed by atoms with E-state index < -0.39 is 0 Å². The van der Waals surface area contributed by atoms with Crippen LogP contribution in [-0.2, 0) is 21.7 Å². The van der Waals surface area contributed by atoms with E-state index in [1.54, 1.807) is 0 Å². The smallest absolute Gasteiger partial charge is 1.00 e. The van der Waals surface area contributed by atoms with Crippen molar-refractivity contribution in [2.75, 3.05) is 0 Å². The summed E-state index contributed by atoms with van der Waals surface area (Å²) in [6.45, 7) is 0. The van der Waals surface area contributed by atoms with Crippen LogP contribution in [0, 0.1) is 0 Å². The molecular weight excluding hydrogens is 328 g/mol. The molecule has 2 aromatic rings. The zero-order valence-corrected chi connectivity index (χ0v) is 11.8. The third kappa shape index (κ3) is 12.4. The van der Waals surface area contributed by atoms with Gasteiger partial charge in [0.2, 0.25) is 0 Å². The molecule has 0 N–H and O–H groups in total. The van der Waals surface area contributed by atoms with Gasteiger partial charge >= 0.3 is 21.7 Å². The van der Waals surface area contributed by atoms with E-state index >= 15 is 0 Å². The zero-order valence-electron chi connectivity index (χ0n) is 7.03. The number of halogens is 2. The maximum absolute atomic E-state index is 2.00. The molecule has 0 spiro atoms. The SMILES string of the molecule is [Br-].[Br-].[Ti+4].c1cc[cH-]c1.c1cc[cH-]c1. The Morgan fingerprint density at radius 1 is 0.538 bits per heavy atom. The van der Waals surface area contributed by atoms with Crippen molar-refractivity contribution in [3.8, 4) is 0 Å². The summed E-state index contributed by atoms with van der Waals surface area (Å²) in [5.41, 5.74) is 0. The molecule has 0 aliphatic rings. The molecule has 13 heavy (non-hydrogen) atoms. The fourth-order valence-corrected chi connectivity index (χ4v) is 0.642. The molecule has 0 aliphatic carbocycles. The second-order valence-corrected chi connectivity index (χ2v) is 1.92. The molecule has 0 heterocycles. The molecule has 0 aromatic heterocycles. The molecule has 0 saturated carbocycles. The third-order valence-electron chi connectivity index (χ3n) is 1.11. The summed E-state index contributed by atoms with van der Waals surface area (Å²) in [6, 6.07) is 20.0. The van der Waals surface area contributed by atoms with Crippen LogP contribution < -0.4 is 34.0 Å². The van der Waals surface area contributed by atoms with Crippen molar-refractivity contribution in [1.29, 1.82) is 0 Å². The standard InChI is InChI=1S/2C5H5.2BrH.Ti/c2*1-2-4-5-3-1;;;/h2*1-5H;2*1H;/q2*-1;;;+4/p-2. The Balaban J connectivity index is -0.000000125. The quantitative estimate of drug-likeness (QED) is 0.351. The van der Waals surface area contributed by atoms with E-state index in [9.17, 15) is 0 Å². The third-order valence-corrected chi connectivity index (χ3v) is 1.11. The van der Waals surface area contributed by atoms with Crippen molar-refractivity contribution < 1.29 is 55.7 Å². The Morgan fingerprint density at radius 3 is 0.846 bits per heavy atom. The molecule has 3 heteroatoms. The fraction of sp³-hybridized carbons (Fsp3) is 0. The number of hydrogen-bond acceptors (Lipinski definition) is 0. The van der Waals surface area contributed by atoms with Crippen LogP contribution in [0.5, 0.6) is 0 Å². The van der Waals surface area contributed by atoms with E-state index in [4.69, 9.17) is 0 Å². The van der Waals surface area contributed by atoms with E-state index in [2.05, 4.69) is 0 Å². The van der Waals surface area contributed by atoms with Gasteiger partial charge in [-0.15, -0.1) is 0 Å². The summed E-state index contributed by atoms with van der Waals surface area (Å²) in [7, 11) is 0. The van der Waals surface area contributed by atoms with Crippen LogP contribution in [0.1, 0.15) is 0 Å². The van der Waals surface area contributed by atoms with Gasteiger partial charge in [0, 0.05) is 0 Å². The average Bonchev–Trinajstić information content (AvgIpc) is 2.67. The van der Waals surface area contributed by atoms with Crippen molar-refractivity contribution >= 4 is 0 Å². The minimum Gasteiger partial charge on any atom is -1.00 e. The Hall–Kier alpha value is 0.374. The Kier molecular flexibility index (Phi) is 21.8. The summed E-state index contributed by atoms with van der Waals surface area (Å²) in [4.78, 5) is 0. The van der Waals surface area contributed by atoms with Crippen molar-refractivity contribution in [2.24, 2.45) is 0 Å². The molecule has 0 unspecified atom stereocenters. The first-order chi connectivity index (χ1) is 5.00. The molecule has 68 valence electrons. The van der Waals surface area contributed by atoms with Gasteiger partial charge in [0.05, 0.1) is 0 Å². The minimum absolute atomic E-state index is 0. The van der Waals surface area contributed by atoms with Gasteiger partial charge in [0.15, 0.2) is 0 Å². The van der Waals surface area contributed by atoms with Crippen LogP contribution in [0.25, 0.3) is 0 Å². The Labute approximate surface area is 116 Å². The van der Waals surface area contributed by atoms with E-state index in [1.807, 2.05) is 60.7 Å². The molecule has 2 rings (SSSR count). The van der Waals surface area contributed by atoms with Crippen molar-refractivity contribution in [3.63, 3.8) is 0 Å². The van der Waals surface area contributed by atoms with Gasteiger partial charge in [-0.05, 0) is 0 Å². The first kappa shape index (κ1) is 19.0. The van der Waals surface area contributed by atoms with Gasteiger partial charge in [0.1, 0.15) is 0 Å². The topological polar surface area (TPSA) is 0 Å². The molecule has 2 aromatic carbocycles. The van der Waals surface area contributed by atoms with E-state index in [-0.39, 0.29) is 55.7 Å². The van der Waals surface area contributed by atoms with Crippen LogP contribution in [0.15, 0.2) is 60.7 Å². The summed E-state index contributed by atoms with van der Waals surface area (Å²) in [5.74, 6) is 0. The molecule has 0 fully saturated rings. The van der Waals surface area contributed by atoms with E-state index in [0.29, 0.717) is 0 Å². The van der Waals surface area contributed by atoms with Crippen molar-refractivity contribution in [1.82, 2.24) is 0 Å². The van der Waals surface area contributed by atoms with Gasteiger partial charge < -0.3 is 34.0 Å². The van der Waals surface area contributed by atoms with Crippen LogP contribution in [0.3, 0.4) is 0 Å². The van der Waals surface area contributed by atoms with E-state index in [0.717, 1.165) is 0 Å². The van der Waals surface area contributed by atoms with Gasteiger partial charge in [-0.2, -0.15) is 36.4 Å². The zero-order chi connectivity index (χ0) is 7.07. The van der Waals surface area contributed by atoms with Crippen LogP contribution >= 0.6 is 0 Å². The summed E-state index contributed by atoms with van der Waals surface area (Å²) in [6.07, 6.45) is 0. The maximum atomic E-state index is 2.00. The predicted molar refractivity (Wildman–Crippen MR) is 44.1 cm³/mol. The van der Waals surface area contributed by atoms with Crippen LogP contribution in [-0.4, -0.2) is 0 Å². The second-order valence-electron chi connectivity index (χ2n) is 1.92. The van der Waals surface area contributed by atoms with E-state index in [1.165, 1.54) is 0 Å². The molecule has 0 radical (unpaired) electrons. The molecule has 0 amide bonds. The van der Waals surface area contributed by atoms with Gasteiger partial charge in [0.25, 0.3) is 0 Å². The van der Waals surface area contributed by atoms with Crippen LogP contribution in [0.4, 0.5) is 0 Å². The summed E-state index contributed by atoms with van der Waals surface area (Å²) < 4.78 is 0. The van der Waals surface area contributed by atoms with Gasteiger partial charge in [-0.1, -0.05) is 0 Å². The first-order valence-electron chi connectivity index (χ1n) is 3.33. The maximum Gasteiger partial charge on any atom is 4.00 e. The summed E-state index contributed by atoms with van der Waals surface area (Å²) >= 11 is 0. The van der Waals surface area contributed by atoms with Crippen molar-refractivity contribution in [3.05, 3.63) is 60.7 Å². The fourth-order valence-electron chi connectivity index (χ4n) is 0.642. The normalized spacial score (nSPS) is 6.15. The van der Waals surface area contributed by atoms with Crippen LogP contribution in [0.2, 0.25) is 0 Å². The average molecular weight is 338 g/mol. The Morgan fingerprint density at radius 2 is 0.769 bits per heavy atom. The molecule has 0 bridgehead atoms. The number of rotatable bonds is 0. The van der Waals surface area contributed by atoms with Gasteiger partial charge in [-0.3, -0.25) is 0 Å². The Bertz CT molecular complexity index is 152. The molecular formula is C10H10Br2Ti. The molecule has 0 atom stereocenters. The second kappa shape index (κ2) is 14.9. The molecule has 0 aliphatic heterocycles. The number of hydrogen-bond donors (Lipinski definition) is 0. The summed E-state index contributed by atoms with van der Waals surface area (Å²) in [5, 5.41) is 0. The van der Waals surface area contributed by atoms with Crippen molar-refractivity contribution in [2.45, 2.75) is 0 Å². The van der Waals surface area contributed by atoms with Gasteiger partial charge in [-0.25, -0.2) is 24.3 Å². The first-order valence-corrected chi connectivity index (χ1v) is 3.33. The molecule has 0 nitrogen and oxygen atoms in total. The minimum atomic E-state index is 0. The monoisotopic (exact) mass is 336 g/mol.